The highest BCUT2D eigenvalue weighted by Crippen LogP contribution is 2.30. The lowest BCUT2D eigenvalue weighted by Crippen LogP contribution is -2.41. The van der Waals surface area contributed by atoms with Crippen molar-refractivity contribution in [3.05, 3.63) is 0 Å². The third-order valence-corrected chi connectivity index (χ3v) is 2.18. The Kier molecular flexibility index (Phi) is 8.79. The van der Waals surface area contributed by atoms with Gasteiger partial charge in [0, 0.05) is 20.1 Å². The summed E-state index contributed by atoms with van der Waals surface area (Å²) >= 11 is 0. The van der Waals surface area contributed by atoms with Crippen molar-refractivity contribution in [1.82, 2.24) is 5.32 Å². The Morgan fingerprint density at radius 2 is 2.33 bits per heavy atom. The van der Waals surface area contributed by atoms with Crippen LogP contribution in [0.5, 0.6) is 0 Å². The molecule has 0 radical (unpaired) electrons. The van der Waals surface area contributed by atoms with E-state index >= 15 is 0 Å². The van der Waals surface area contributed by atoms with Crippen LogP contribution >= 0.6 is 8.60 Å². The van der Waals surface area contributed by atoms with Crippen LogP contribution in [0.4, 0.5) is 0 Å². The van der Waals surface area contributed by atoms with Gasteiger partial charge in [0.2, 0.25) is 5.91 Å². The highest BCUT2D eigenvalue weighted by atomic mass is 31.2. The molecule has 2 atom stereocenters. The number of nitrogens with one attached hydrogen (secondary N) is 1. The average molecular weight is 240 g/mol. The molecule has 5 N–H and O–H groups in total. The molecule has 15 heavy (non-hydrogen) atoms. The van der Waals surface area contributed by atoms with E-state index in [1.807, 2.05) is 0 Å². The maximum absolute atomic E-state index is 11.1. The first-order valence-electron chi connectivity index (χ1n) is 4.40. The molecule has 0 aromatic heterocycles. The van der Waals surface area contributed by atoms with Crippen LogP contribution in [0.3, 0.4) is 0 Å². The smallest absolute Gasteiger partial charge is 0.329 e. The normalized spacial score (nSPS) is 14.7. The maximum Gasteiger partial charge on any atom is 0.329 e. The quantitative estimate of drug-likeness (QED) is 0.392. The molecule has 0 aliphatic rings. The van der Waals surface area contributed by atoms with Gasteiger partial charge in [-0.05, 0) is 0 Å². The minimum Gasteiger partial charge on any atom is -0.394 e. The summed E-state index contributed by atoms with van der Waals surface area (Å²) in [5, 5.41) is 11.4. The molecule has 0 aromatic rings. The molecule has 0 rings (SSSR count). The van der Waals surface area contributed by atoms with E-state index in [4.69, 9.17) is 20.3 Å². The minimum atomic E-state index is -1.94. The predicted octanol–water partition coefficient (Wildman–Crippen LogP) is -1.31. The summed E-state index contributed by atoms with van der Waals surface area (Å²) in [7, 11) is -0.638. The van der Waals surface area contributed by atoms with E-state index in [0.717, 1.165) is 0 Å². The minimum absolute atomic E-state index is 0.0111. The number of hydrogen-bond acceptors (Lipinski definition) is 6. The van der Waals surface area contributed by atoms with E-state index in [1.165, 1.54) is 7.11 Å². The van der Waals surface area contributed by atoms with Gasteiger partial charge < -0.3 is 30.1 Å². The number of carbonyl (C=O) groups excluding carboxylic acids is 1. The van der Waals surface area contributed by atoms with Crippen LogP contribution in [0.15, 0.2) is 0 Å². The number of aliphatic hydroxyl groups is 1. The highest BCUT2D eigenvalue weighted by molar-refractivity contribution is 7.40. The van der Waals surface area contributed by atoms with E-state index in [2.05, 4.69) is 9.84 Å². The number of hydrogen-bond donors (Lipinski definition) is 4. The molecule has 0 aliphatic carbocycles. The van der Waals surface area contributed by atoms with E-state index in [9.17, 15) is 4.79 Å². The topological polar surface area (TPSA) is 114 Å². The molecular weight excluding hydrogens is 223 g/mol. The van der Waals surface area contributed by atoms with Gasteiger partial charge in [-0.25, -0.2) is 0 Å². The molecule has 0 aromatic carbocycles. The largest absolute Gasteiger partial charge is 0.394 e. The van der Waals surface area contributed by atoms with Crippen molar-refractivity contribution in [1.29, 1.82) is 0 Å². The van der Waals surface area contributed by atoms with Crippen molar-refractivity contribution in [2.45, 2.75) is 12.5 Å². The summed E-state index contributed by atoms with van der Waals surface area (Å²) in [5.41, 5.74) is 5.18. The van der Waals surface area contributed by atoms with Gasteiger partial charge in [0.05, 0.1) is 19.3 Å². The fraction of sp³-hybridized carbons (Fsp3) is 0.857. The lowest BCUT2D eigenvalue weighted by atomic mass is 10.3. The summed E-state index contributed by atoms with van der Waals surface area (Å²) in [6.07, 6.45) is 0.189. The van der Waals surface area contributed by atoms with Crippen LogP contribution in [-0.4, -0.2) is 48.8 Å². The first kappa shape index (κ1) is 14.7. The van der Waals surface area contributed by atoms with Crippen molar-refractivity contribution < 1.29 is 23.8 Å². The van der Waals surface area contributed by atoms with Crippen LogP contribution in [0, 0.1) is 0 Å². The van der Waals surface area contributed by atoms with Gasteiger partial charge in [-0.3, -0.25) is 4.79 Å². The summed E-state index contributed by atoms with van der Waals surface area (Å²) in [5.74, 6) is -0.264. The molecule has 0 spiro atoms. The Morgan fingerprint density at radius 1 is 1.67 bits per heavy atom. The zero-order chi connectivity index (χ0) is 11.7. The second-order valence-electron chi connectivity index (χ2n) is 2.70. The number of aliphatic hydroxyl groups excluding tert-OH is 1. The number of amides is 1. The molecule has 7 nitrogen and oxygen atoms in total. The van der Waals surface area contributed by atoms with Gasteiger partial charge in [0.25, 0.3) is 0 Å². The highest BCUT2D eigenvalue weighted by Gasteiger charge is 2.13. The summed E-state index contributed by atoms with van der Waals surface area (Å²) < 4.78 is 9.30. The lowest BCUT2D eigenvalue weighted by molar-refractivity contribution is -0.122. The molecule has 0 fully saturated rings. The van der Waals surface area contributed by atoms with Crippen molar-refractivity contribution in [2.75, 3.05) is 26.9 Å². The van der Waals surface area contributed by atoms with Crippen LogP contribution < -0.4 is 11.1 Å². The Balaban J connectivity index is 3.77. The van der Waals surface area contributed by atoms with E-state index in [-0.39, 0.29) is 32.1 Å². The molecule has 1 amide bonds. The van der Waals surface area contributed by atoms with E-state index < -0.39 is 14.6 Å². The van der Waals surface area contributed by atoms with Gasteiger partial charge in [0.15, 0.2) is 0 Å². The van der Waals surface area contributed by atoms with Gasteiger partial charge in [-0.15, -0.1) is 0 Å². The first-order chi connectivity index (χ1) is 7.13. The fourth-order valence-electron chi connectivity index (χ4n) is 0.777. The van der Waals surface area contributed by atoms with Crippen LogP contribution in [-0.2, 0) is 13.8 Å². The van der Waals surface area contributed by atoms with Crippen LogP contribution in [0.2, 0.25) is 0 Å². The fourth-order valence-corrected chi connectivity index (χ4v) is 1.19. The standard InChI is InChI=1S/C7H17N2O5P/c1-13-15(12)14-5-6(4-10)9-7(11)2-3-8/h6,10,12H,2-5,8H2,1H3,(H,9,11). The van der Waals surface area contributed by atoms with Crippen molar-refractivity contribution in [2.24, 2.45) is 5.73 Å². The molecule has 8 heteroatoms. The van der Waals surface area contributed by atoms with Crippen LogP contribution in [0.1, 0.15) is 6.42 Å². The van der Waals surface area contributed by atoms with E-state index in [0.29, 0.717) is 0 Å². The number of rotatable bonds is 8. The second-order valence-corrected chi connectivity index (χ2v) is 3.80. The Labute approximate surface area is 89.6 Å². The second kappa shape index (κ2) is 8.96. The SMILES string of the molecule is COP(O)OCC(CO)NC(=O)CCN. The summed E-state index contributed by atoms with van der Waals surface area (Å²) in [6, 6.07) is -0.559. The molecule has 2 unspecified atom stereocenters. The average Bonchev–Trinajstić information content (AvgIpc) is 2.23. The van der Waals surface area contributed by atoms with Crippen molar-refractivity contribution in [3.8, 4) is 0 Å². The monoisotopic (exact) mass is 240 g/mol. The molecule has 0 bridgehead atoms. The van der Waals surface area contributed by atoms with Crippen molar-refractivity contribution >= 4 is 14.5 Å². The van der Waals surface area contributed by atoms with Gasteiger partial charge >= 0.3 is 8.60 Å². The maximum atomic E-state index is 11.1. The first-order valence-corrected chi connectivity index (χ1v) is 5.53. The molecule has 0 saturated heterocycles. The molecule has 0 saturated carbocycles. The Bertz CT molecular complexity index is 183. The zero-order valence-electron chi connectivity index (χ0n) is 8.55. The molecule has 0 aliphatic heterocycles. The predicted molar refractivity (Wildman–Crippen MR) is 54.8 cm³/mol. The summed E-state index contributed by atoms with van der Waals surface area (Å²) in [4.78, 5) is 20.0. The van der Waals surface area contributed by atoms with Gasteiger partial charge in [-0.2, -0.15) is 0 Å². The number of nitrogens with two attached hydrogens (primary N) is 1. The Morgan fingerprint density at radius 3 is 2.80 bits per heavy atom. The van der Waals surface area contributed by atoms with Crippen LogP contribution in [0.25, 0.3) is 0 Å². The molecular formula is C7H17N2O5P. The zero-order valence-corrected chi connectivity index (χ0v) is 9.44. The third kappa shape index (κ3) is 7.61. The lowest BCUT2D eigenvalue weighted by Gasteiger charge is -2.17. The van der Waals surface area contributed by atoms with Gasteiger partial charge in [0.1, 0.15) is 0 Å². The Hall–Kier alpha value is -0.300. The van der Waals surface area contributed by atoms with Crippen molar-refractivity contribution in [3.63, 3.8) is 0 Å². The summed E-state index contributed by atoms with van der Waals surface area (Å²) in [6.45, 7) is -0.0400. The molecule has 90 valence electrons. The van der Waals surface area contributed by atoms with Gasteiger partial charge in [-0.1, -0.05) is 0 Å². The van der Waals surface area contributed by atoms with E-state index in [1.54, 1.807) is 0 Å². The molecule has 0 heterocycles. The number of carbonyl (C=O) groups is 1. The third-order valence-electron chi connectivity index (χ3n) is 1.50.